The molecule has 0 saturated heterocycles. The molecule has 132 valence electrons. The number of amides is 2. The molecule has 1 heterocycles. The first-order chi connectivity index (χ1) is 12.0. The summed E-state index contributed by atoms with van der Waals surface area (Å²) < 4.78 is 11.3. The van der Waals surface area contributed by atoms with E-state index in [1.54, 1.807) is 13.2 Å². The van der Waals surface area contributed by atoms with Crippen LogP contribution in [0.1, 0.15) is 25.6 Å². The molecule has 7 heteroatoms. The van der Waals surface area contributed by atoms with Crippen LogP contribution >= 0.6 is 11.3 Å². The van der Waals surface area contributed by atoms with Crippen LogP contribution in [0.3, 0.4) is 0 Å². The lowest BCUT2D eigenvalue weighted by molar-refractivity contribution is 0.241. The topological polar surface area (TPSA) is 72.5 Å². The molecule has 2 N–H and O–H groups in total. The first-order valence-corrected chi connectivity index (χ1v) is 8.68. The van der Waals surface area contributed by atoms with Gasteiger partial charge in [0.1, 0.15) is 16.4 Å². The van der Waals surface area contributed by atoms with Gasteiger partial charge in [-0.2, -0.15) is 0 Å². The molecule has 0 saturated carbocycles. The van der Waals surface area contributed by atoms with Crippen molar-refractivity contribution in [3.8, 4) is 28.5 Å². The normalized spacial score (nSPS) is 11.2. The molecule has 25 heavy (non-hydrogen) atoms. The average Bonchev–Trinajstić information content (AvgIpc) is 3.01. The van der Waals surface area contributed by atoms with Crippen LogP contribution in [0.25, 0.3) is 0 Å². The van der Waals surface area contributed by atoms with E-state index >= 15 is 0 Å². The van der Waals surface area contributed by atoms with Crippen LogP contribution in [0.4, 0.5) is 4.79 Å². The highest BCUT2D eigenvalue weighted by atomic mass is 32.1. The van der Waals surface area contributed by atoms with Crippen LogP contribution < -0.4 is 20.1 Å². The third-order valence-corrected chi connectivity index (χ3v) is 3.66. The molecular weight excluding hydrogens is 338 g/mol. The van der Waals surface area contributed by atoms with Crippen molar-refractivity contribution in [2.24, 2.45) is 0 Å². The van der Waals surface area contributed by atoms with Crippen LogP contribution in [0.15, 0.2) is 30.5 Å². The standard InChI is InChI=1S/C18H21N3O3S/c1-12(2)23-14-6-8-15(9-7-14)24-18-20-11-16(25-18)10-5-13(3)21-17(22)19-4/h6-9,11-13H,1-4H3,(H2,19,21,22). The fourth-order valence-electron chi connectivity index (χ4n) is 1.81. The highest BCUT2D eigenvalue weighted by Crippen LogP contribution is 2.27. The number of carbonyl (C=O) groups is 1. The maximum Gasteiger partial charge on any atom is 0.315 e. The second kappa shape index (κ2) is 8.94. The summed E-state index contributed by atoms with van der Waals surface area (Å²) in [5.74, 6) is 7.39. The third-order valence-electron chi connectivity index (χ3n) is 2.87. The summed E-state index contributed by atoms with van der Waals surface area (Å²) in [6.07, 6.45) is 1.78. The van der Waals surface area contributed by atoms with E-state index in [1.165, 1.54) is 11.3 Å². The molecule has 0 bridgehead atoms. The second-order valence-electron chi connectivity index (χ2n) is 5.44. The van der Waals surface area contributed by atoms with Gasteiger partial charge in [0.25, 0.3) is 5.19 Å². The molecule has 0 aliphatic carbocycles. The number of carbonyl (C=O) groups excluding carboxylic acids is 1. The molecule has 0 aliphatic rings. The van der Waals surface area contributed by atoms with Gasteiger partial charge in [-0.3, -0.25) is 0 Å². The molecular formula is C18H21N3O3S. The molecule has 2 aromatic rings. The van der Waals surface area contributed by atoms with E-state index in [-0.39, 0.29) is 18.2 Å². The molecule has 0 aliphatic heterocycles. The summed E-state index contributed by atoms with van der Waals surface area (Å²) in [7, 11) is 1.56. The lowest BCUT2D eigenvalue weighted by atomic mass is 10.3. The van der Waals surface area contributed by atoms with Gasteiger partial charge in [-0.25, -0.2) is 9.78 Å². The van der Waals surface area contributed by atoms with E-state index in [1.807, 2.05) is 45.0 Å². The first-order valence-electron chi connectivity index (χ1n) is 7.86. The maximum atomic E-state index is 11.2. The van der Waals surface area contributed by atoms with Crippen LogP contribution in [0.2, 0.25) is 0 Å². The van der Waals surface area contributed by atoms with Crippen molar-refractivity contribution in [2.45, 2.75) is 32.9 Å². The van der Waals surface area contributed by atoms with Crippen molar-refractivity contribution in [3.05, 3.63) is 35.3 Å². The molecule has 1 atom stereocenters. The van der Waals surface area contributed by atoms with Crippen molar-refractivity contribution in [1.29, 1.82) is 0 Å². The molecule has 0 radical (unpaired) electrons. The lowest BCUT2D eigenvalue weighted by Gasteiger charge is -2.09. The number of benzene rings is 1. The number of aromatic nitrogens is 1. The summed E-state index contributed by atoms with van der Waals surface area (Å²) in [4.78, 5) is 16.2. The monoisotopic (exact) mass is 359 g/mol. The van der Waals surface area contributed by atoms with Crippen molar-refractivity contribution >= 4 is 17.4 Å². The molecule has 1 aromatic carbocycles. The number of nitrogens with zero attached hydrogens (tertiary/aromatic N) is 1. The number of urea groups is 1. The van der Waals surface area contributed by atoms with Gasteiger partial charge in [0, 0.05) is 7.05 Å². The van der Waals surface area contributed by atoms with Gasteiger partial charge in [0.05, 0.1) is 18.3 Å². The smallest absolute Gasteiger partial charge is 0.315 e. The molecule has 2 rings (SSSR count). The fourth-order valence-corrected chi connectivity index (χ4v) is 2.45. The molecule has 6 nitrogen and oxygen atoms in total. The van der Waals surface area contributed by atoms with Crippen molar-refractivity contribution < 1.29 is 14.3 Å². The summed E-state index contributed by atoms with van der Waals surface area (Å²) in [5.41, 5.74) is 0. The van der Waals surface area contributed by atoms with Crippen LogP contribution in [0.5, 0.6) is 16.7 Å². The zero-order valence-corrected chi connectivity index (χ0v) is 15.4. The number of thiazole rings is 1. The summed E-state index contributed by atoms with van der Waals surface area (Å²) in [6.45, 7) is 5.77. The van der Waals surface area contributed by atoms with Gasteiger partial charge in [-0.15, -0.1) is 0 Å². The molecule has 0 spiro atoms. The van der Waals surface area contributed by atoms with Gasteiger partial charge in [0.2, 0.25) is 0 Å². The Bertz CT molecular complexity index is 760. The number of rotatable bonds is 5. The van der Waals surface area contributed by atoms with Crippen molar-refractivity contribution in [2.75, 3.05) is 7.05 Å². The zero-order valence-electron chi connectivity index (χ0n) is 14.6. The first kappa shape index (κ1) is 18.6. The molecule has 0 fully saturated rings. The van der Waals surface area contributed by atoms with E-state index in [9.17, 15) is 4.79 Å². The quantitative estimate of drug-likeness (QED) is 0.803. The maximum absolute atomic E-state index is 11.2. The van der Waals surface area contributed by atoms with E-state index in [0.717, 1.165) is 10.6 Å². The number of ether oxygens (including phenoxy) is 2. The van der Waals surface area contributed by atoms with Crippen molar-refractivity contribution in [1.82, 2.24) is 15.6 Å². The Morgan fingerprint density at radius 2 is 1.88 bits per heavy atom. The van der Waals surface area contributed by atoms with E-state index < -0.39 is 0 Å². The van der Waals surface area contributed by atoms with Crippen LogP contribution in [0, 0.1) is 11.8 Å². The Morgan fingerprint density at radius 3 is 2.52 bits per heavy atom. The van der Waals surface area contributed by atoms with Gasteiger partial charge >= 0.3 is 6.03 Å². The van der Waals surface area contributed by atoms with Crippen LogP contribution in [-0.4, -0.2) is 30.2 Å². The van der Waals surface area contributed by atoms with Gasteiger partial charge in [-0.05, 0) is 45.0 Å². The minimum absolute atomic E-state index is 0.132. The Labute approximate surface area is 151 Å². The van der Waals surface area contributed by atoms with E-state index in [4.69, 9.17) is 9.47 Å². The number of nitrogens with one attached hydrogen (secondary N) is 2. The highest BCUT2D eigenvalue weighted by Gasteiger charge is 2.05. The SMILES string of the molecule is CNC(=O)NC(C)C#Cc1cnc(Oc2ccc(OC(C)C)cc2)s1. The summed E-state index contributed by atoms with van der Waals surface area (Å²) in [6, 6.07) is 6.85. The third kappa shape index (κ3) is 6.36. The molecule has 2 amide bonds. The molecule has 1 aromatic heterocycles. The van der Waals surface area contributed by atoms with Crippen molar-refractivity contribution in [3.63, 3.8) is 0 Å². The minimum atomic E-state index is -0.264. The highest BCUT2D eigenvalue weighted by molar-refractivity contribution is 7.13. The summed E-state index contributed by atoms with van der Waals surface area (Å²) in [5, 5.41) is 5.67. The number of hydrogen-bond acceptors (Lipinski definition) is 5. The summed E-state index contributed by atoms with van der Waals surface area (Å²) >= 11 is 1.34. The average molecular weight is 359 g/mol. The Morgan fingerprint density at radius 1 is 1.20 bits per heavy atom. The fraction of sp³-hybridized carbons (Fsp3) is 0.333. The molecule has 1 unspecified atom stereocenters. The van der Waals surface area contributed by atoms with Crippen LogP contribution in [-0.2, 0) is 0 Å². The van der Waals surface area contributed by atoms with Gasteiger partial charge in [-0.1, -0.05) is 23.2 Å². The largest absolute Gasteiger partial charge is 0.491 e. The lowest BCUT2D eigenvalue weighted by Crippen LogP contribution is -2.38. The predicted octanol–water partition coefficient (Wildman–Crippen LogP) is 3.39. The van der Waals surface area contributed by atoms with E-state index in [2.05, 4.69) is 27.5 Å². The Hall–Kier alpha value is -2.72. The number of hydrogen-bond donors (Lipinski definition) is 2. The Kier molecular flexibility index (Phi) is 6.66. The van der Waals surface area contributed by atoms with Gasteiger partial charge in [0.15, 0.2) is 0 Å². The minimum Gasteiger partial charge on any atom is -0.491 e. The Balaban J connectivity index is 1.94. The predicted molar refractivity (Wildman–Crippen MR) is 98.3 cm³/mol. The van der Waals surface area contributed by atoms with E-state index in [0.29, 0.717) is 10.9 Å². The zero-order chi connectivity index (χ0) is 18.2. The second-order valence-corrected chi connectivity index (χ2v) is 6.44. The van der Waals surface area contributed by atoms with Gasteiger partial charge < -0.3 is 20.1 Å².